The van der Waals surface area contributed by atoms with E-state index >= 15 is 0 Å². The molecular formula is C18H19N3O4. The summed E-state index contributed by atoms with van der Waals surface area (Å²) in [5, 5.41) is 13.4. The summed E-state index contributed by atoms with van der Waals surface area (Å²) in [7, 11) is 0. The zero-order valence-corrected chi connectivity index (χ0v) is 13.7. The van der Waals surface area contributed by atoms with Gasteiger partial charge in [0.25, 0.3) is 5.91 Å². The third-order valence-corrected chi connectivity index (χ3v) is 5.28. The summed E-state index contributed by atoms with van der Waals surface area (Å²) in [6.07, 6.45) is 7.77. The number of carboxylic acid groups (broad SMARTS) is 1. The van der Waals surface area contributed by atoms with Crippen LogP contribution in [0.2, 0.25) is 0 Å². The van der Waals surface area contributed by atoms with E-state index in [0.29, 0.717) is 12.2 Å². The number of hydrogen-bond acceptors (Lipinski definition) is 5. The second kappa shape index (κ2) is 6.31. The summed E-state index contributed by atoms with van der Waals surface area (Å²) < 4.78 is 5.28. The van der Waals surface area contributed by atoms with Gasteiger partial charge in [-0.2, -0.15) is 0 Å². The number of aromatic nitrogens is 2. The van der Waals surface area contributed by atoms with Crippen LogP contribution in [-0.4, -0.2) is 44.1 Å². The maximum atomic E-state index is 13.0. The van der Waals surface area contributed by atoms with Crippen LogP contribution in [0, 0.1) is 5.92 Å². The molecule has 1 aliphatic heterocycles. The van der Waals surface area contributed by atoms with E-state index in [9.17, 15) is 14.7 Å². The van der Waals surface area contributed by atoms with Gasteiger partial charge in [0, 0.05) is 30.1 Å². The largest absolute Gasteiger partial charge is 0.480 e. The number of carboxylic acids is 1. The summed E-state index contributed by atoms with van der Waals surface area (Å²) in [4.78, 5) is 30.2. The molecule has 0 radical (unpaired) electrons. The molecule has 1 saturated heterocycles. The number of fused-ring (bicyclic) bond motifs is 1. The fraction of sp³-hybridized carbons (Fsp3) is 0.444. The van der Waals surface area contributed by atoms with Crippen LogP contribution in [0.3, 0.4) is 0 Å². The second-order valence-electron chi connectivity index (χ2n) is 6.73. The molecule has 1 saturated carbocycles. The lowest BCUT2D eigenvalue weighted by molar-refractivity contribution is -0.141. The highest BCUT2D eigenvalue weighted by molar-refractivity contribution is 5.96. The van der Waals surface area contributed by atoms with E-state index in [2.05, 4.69) is 10.1 Å². The van der Waals surface area contributed by atoms with Crippen molar-refractivity contribution in [2.24, 2.45) is 5.92 Å². The summed E-state index contributed by atoms with van der Waals surface area (Å²) in [5.41, 5.74) is 0.872. The first-order valence-electron chi connectivity index (χ1n) is 8.57. The molecule has 3 heterocycles. The van der Waals surface area contributed by atoms with E-state index in [4.69, 9.17) is 4.52 Å². The minimum Gasteiger partial charge on any atom is -0.480 e. The van der Waals surface area contributed by atoms with Gasteiger partial charge in [0.05, 0.1) is 0 Å². The Balaban J connectivity index is 1.63. The lowest BCUT2D eigenvalue weighted by Gasteiger charge is -2.32. The van der Waals surface area contributed by atoms with Crippen molar-refractivity contribution in [1.29, 1.82) is 0 Å². The maximum Gasteiger partial charge on any atom is 0.326 e. The molecule has 2 aromatic rings. The highest BCUT2D eigenvalue weighted by Crippen LogP contribution is 2.40. The second-order valence-corrected chi connectivity index (χ2v) is 6.73. The fourth-order valence-electron chi connectivity index (χ4n) is 4.13. The average molecular weight is 341 g/mol. The van der Waals surface area contributed by atoms with Crippen molar-refractivity contribution >= 4 is 11.9 Å². The van der Waals surface area contributed by atoms with Crippen molar-refractivity contribution in [2.45, 2.75) is 44.2 Å². The number of nitrogens with zero attached hydrogens (tertiary/aromatic N) is 3. The van der Waals surface area contributed by atoms with Gasteiger partial charge in [0.15, 0.2) is 11.5 Å². The molecule has 2 aliphatic rings. The van der Waals surface area contributed by atoms with Gasteiger partial charge in [-0.05, 0) is 37.3 Å². The first-order chi connectivity index (χ1) is 12.1. The van der Waals surface area contributed by atoms with Crippen LogP contribution in [0.15, 0.2) is 35.1 Å². The molecule has 1 amide bonds. The molecule has 3 atom stereocenters. The Morgan fingerprint density at radius 3 is 2.88 bits per heavy atom. The van der Waals surface area contributed by atoms with Gasteiger partial charge in [-0.1, -0.05) is 18.0 Å². The van der Waals surface area contributed by atoms with Crippen LogP contribution in [0.25, 0.3) is 11.3 Å². The Bertz CT molecular complexity index is 789. The van der Waals surface area contributed by atoms with Crippen molar-refractivity contribution in [3.63, 3.8) is 0 Å². The molecule has 0 unspecified atom stereocenters. The van der Waals surface area contributed by atoms with Crippen LogP contribution in [0.4, 0.5) is 0 Å². The van der Waals surface area contributed by atoms with Crippen molar-refractivity contribution < 1.29 is 19.2 Å². The Morgan fingerprint density at radius 1 is 1.28 bits per heavy atom. The molecule has 7 heteroatoms. The minimum absolute atomic E-state index is 0.0131. The van der Waals surface area contributed by atoms with Crippen LogP contribution >= 0.6 is 0 Å². The predicted octanol–water partition coefficient (Wildman–Crippen LogP) is 2.59. The zero-order chi connectivity index (χ0) is 17.4. The van der Waals surface area contributed by atoms with E-state index in [1.807, 2.05) is 6.07 Å². The summed E-state index contributed by atoms with van der Waals surface area (Å²) in [6, 6.07) is 4.36. The number of likely N-dealkylation sites (tertiary alicyclic amines) is 1. The maximum absolute atomic E-state index is 13.0. The van der Waals surface area contributed by atoms with Crippen molar-refractivity contribution in [2.75, 3.05) is 0 Å². The molecule has 2 fully saturated rings. The molecule has 2 aromatic heterocycles. The highest BCUT2D eigenvalue weighted by atomic mass is 16.5. The molecule has 25 heavy (non-hydrogen) atoms. The molecule has 1 N–H and O–H groups in total. The predicted molar refractivity (Wildman–Crippen MR) is 87.7 cm³/mol. The number of amides is 1. The van der Waals surface area contributed by atoms with Crippen molar-refractivity contribution in [3.05, 3.63) is 36.3 Å². The Hall–Kier alpha value is -2.70. The van der Waals surface area contributed by atoms with E-state index in [1.165, 1.54) is 4.90 Å². The van der Waals surface area contributed by atoms with E-state index in [0.717, 1.165) is 31.2 Å². The van der Waals surface area contributed by atoms with Crippen molar-refractivity contribution in [1.82, 2.24) is 15.0 Å². The summed E-state index contributed by atoms with van der Waals surface area (Å²) >= 11 is 0. The fourth-order valence-corrected chi connectivity index (χ4v) is 4.13. The average Bonchev–Trinajstić information content (AvgIpc) is 3.27. The summed E-state index contributed by atoms with van der Waals surface area (Å²) in [5.74, 6) is -0.592. The van der Waals surface area contributed by atoms with E-state index < -0.39 is 12.0 Å². The van der Waals surface area contributed by atoms with Crippen LogP contribution < -0.4 is 0 Å². The monoisotopic (exact) mass is 341 g/mol. The van der Waals surface area contributed by atoms with Gasteiger partial charge in [0.2, 0.25) is 0 Å². The van der Waals surface area contributed by atoms with Crippen LogP contribution in [0.1, 0.15) is 42.6 Å². The number of carbonyl (C=O) groups excluding carboxylic acids is 1. The van der Waals surface area contributed by atoms with Crippen LogP contribution in [0.5, 0.6) is 0 Å². The highest BCUT2D eigenvalue weighted by Gasteiger charge is 2.48. The number of aliphatic carboxylic acids is 1. The molecule has 0 spiro atoms. The van der Waals surface area contributed by atoms with Gasteiger partial charge in [-0.25, -0.2) is 4.79 Å². The van der Waals surface area contributed by atoms with Gasteiger partial charge >= 0.3 is 5.97 Å². The molecular weight excluding hydrogens is 322 g/mol. The minimum atomic E-state index is -0.946. The standard InChI is InChI=1S/C18H19N3O4/c22-17(13-9-16(25-20-13)12-5-3-7-19-10-12)21-14-6-2-1-4-11(14)8-15(21)18(23)24/h3,5,7,9-11,14-15H,1-2,4,6,8H2,(H,23,24)/t11-,14-,15-/m0/s1. The SMILES string of the molecule is O=C(O)[C@@H]1C[C@@H]2CCCC[C@@H]2N1C(=O)c1cc(-c2cccnc2)on1. The Labute approximate surface area is 144 Å². The first kappa shape index (κ1) is 15.8. The summed E-state index contributed by atoms with van der Waals surface area (Å²) in [6.45, 7) is 0. The number of carbonyl (C=O) groups is 2. The third kappa shape index (κ3) is 2.79. The van der Waals surface area contributed by atoms with Crippen molar-refractivity contribution in [3.8, 4) is 11.3 Å². The lowest BCUT2D eigenvalue weighted by atomic mass is 9.84. The van der Waals surface area contributed by atoms with Gasteiger partial charge in [-0.3, -0.25) is 9.78 Å². The van der Waals surface area contributed by atoms with E-state index in [-0.39, 0.29) is 23.6 Å². The molecule has 130 valence electrons. The van der Waals surface area contributed by atoms with Gasteiger partial charge < -0.3 is 14.5 Å². The zero-order valence-electron chi connectivity index (χ0n) is 13.7. The Morgan fingerprint density at radius 2 is 2.12 bits per heavy atom. The van der Waals surface area contributed by atoms with Gasteiger partial charge in [-0.15, -0.1) is 0 Å². The van der Waals surface area contributed by atoms with Crippen LogP contribution in [-0.2, 0) is 4.79 Å². The lowest BCUT2D eigenvalue weighted by Crippen LogP contribution is -2.46. The topological polar surface area (TPSA) is 96.5 Å². The normalized spacial score (nSPS) is 25.6. The molecule has 0 aromatic carbocycles. The third-order valence-electron chi connectivity index (χ3n) is 5.28. The molecule has 4 rings (SSSR count). The first-order valence-corrected chi connectivity index (χ1v) is 8.57. The molecule has 0 bridgehead atoms. The molecule has 1 aliphatic carbocycles. The van der Waals surface area contributed by atoms with E-state index in [1.54, 1.807) is 24.5 Å². The number of pyridine rings is 1. The smallest absolute Gasteiger partial charge is 0.326 e. The molecule has 7 nitrogen and oxygen atoms in total. The number of rotatable bonds is 3. The quantitative estimate of drug-likeness (QED) is 0.922. The number of hydrogen-bond donors (Lipinski definition) is 1. The Kier molecular flexibility index (Phi) is 3.99. The van der Waals surface area contributed by atoms with Gasteiger partial charge in [0.1, 0.15) is 6.04 Å².